The van der Waals surface area contributed by atoms with Gasteiger partial charge in [-0.25, -0.2) is 4.68 Å². The van der Waals surface area contributed by atoms with Crippen LogP contribution in [0.5, 0.6) is 0 Å². The zero-order chi connectivity index (χ0) is 11.0. The molecule has 4 nitrogen and oxygen atoms in total. The van der Waals surface area contributed by atoms with Gasteiger partial charge in [-0.1, -0.05) is 35.9 Å². The summed E-state index contributed by atoms with van der Waals surface area (Å²) in [6, 6.07) is 9.56. The average Bonchev–Trinajstić information content (AvgIpc) is 2.83. The first-order chi connectivity index (χ1) is 7.86. The third kappa shape index (κ3) is 1.35. The molecule has 78 valence electrons. The van der Waals surface area contributed by atoms with Gasteiger partial charge in [0.05, 0.1) is 0 Å². The van der Waals surface area contributed by atoms with Gasteiger partial charge in [-0.3, -0.25) is 0 Å². The Balaban J connectivity index is 2.39. The minimum absolute atomic E-state index is 0.409. The summed E-state index contributed by atoms with van der Waals surface area (Å²) in [7, 11) is 0. The van der Waals surface area contributed by atoms with Crippen LogP contribution in [0.1, 0.15) is 0 Å². The zero-order valence-electron chi connectivity index (χ0n) is 8.21. The van der Waals surface area contributed by atoms with Gasteiger partial charge in [-0.15, -0.1) is 10.2 Å². The van der Waals surface area contributed by atoms with Crippen LogP contribution in [0, 0.1) is 0 Å². The Kier molecular flexibility index (Phi) is 2.08. The van der Waals surface area contributed by atoms with Crippen molar-refractivity contribution >= 4 is 22.4 Å². The summed E-state index contributed by atoms with van der Waals surface area (Å²) in [4.78, 5) is 0. The second-order valence-electron chi connectivity index (χ2n) is 3.31. The highest BCUT2D eigenvalue weighted by Crippen LogP contribution is 2.24. The molecule has 0 atom stereocenters. The lowest BCUT2D eigenvalue weighted by Crippen LogP contribution is -2.01. The van der Waals surface area contributed by atoms with Crippen molar-refractivity contribution in [3.05, 3.63) is 47.9 Å². The summed E-state index contributed by atoms with van der Waals surface area (Å²) < 4.78 is 1.67. The molecule has 2 heterocycles. The smallest absolute Gasteiger partial charge is 0.183 e. The minimum atomic E-state index is 0.409. The normalized spacial score (nSPS) is 10.8. The van der Waals surface area contributed by atoms with Gasteiger partial charge >= 0.3 is 0 Å². The number of halogens is 1. The summed E-state index contributed by atoms with van der Waals surface area (Å²) >= 11 is 5.99. The van der Waals surface area contributed by atoms with E-state index in [0.717, 1.165) is 10.8 Å². The number of fused-ring (bicyclic) bond motifs is 1. The fraction of sp³-hybridized carbons (Fsp3) is 0. The van der Waals surface area contributed by atoms with Crippen molar-refractivity contribution < 1.29 is 0 Å². The van der Waals surface area contributed by atoms with Gasteiger partial charge in [-0.05, 0) is 6.07 Å². The first kappa shape index (κ1) is 9.30. The molecule has 0 amide bonds. The second kappa shape index (κ2) is 3.57. The third-order valence-corrected chi connectivity index (χ3v) is 2.62. The van der Waals surface area contributed by atoms with E-state index < -0.39 is 0 Å². The minimum Gasteiger partial charge on any atom is -0.220 e. The van der Waals surface area contributed by atoms with Crippen LogP contribution in [0.4, 0.5) is 0 Å². The SMILES string of the molecule is Clc1nnc(-n2cccn2)c2ccccc12. The van der Waals surface area contributed by atoms with Crippen LogP contribution in [0.2, 0.25) is 5.15 Å². The highest BCUT2D eigenvalue weighted by molar-refractivity contribution is 6.34. The summed E-state index contributed by atoms with van der Waals surface area (Å²) in [6.45, 7) is 0. The van der Waals surface area contributed by atoms with Gasteiger partial charge in [0, 0.05) is 23.2 Å². The number of rotatable bonds is 1. The molecule has 1 aromatic carbocycles. The average molecular weight is 231 g/mol. The lowest BCUT2D eigenvalue weighted by atomic mass is 10.2. The van der Waals surface area contributed by atoms with Gasteiger partial charge in [0.15, 0.2) is 11.0 Å². The molecule has 0 fully saturated rings. The lowest BCUT2D eigenvalue weighted by Gasteiger charge is -2.05. The van der Waals surface area contributed by atoms with Crippen LogP contribution in [0.3, 0.4) is 0 Å². The molecule has 5 heteroatoms. The predicted molar refractivity (Wildman–Crippen MR) is 61.7 cm³/mol. The monoisotopic (exact) mass is 230 g/mol. The van der Waals surface area contributed by atoms with Gasteiger partial charge in [-0.2, -0.15) is 5.10 Å². The molecule has 0 N–H and O–H groups in total. The summed E-state index contributed by atoms with van der Waals surface area (Å²) in [5.74, 6) is 0.685. The molecule has 2 aromatic heterocycles. The molecule has 0 saturated heterocycles. The molecule has 0 bridgehead atoms. The molecular weight excluding hydrogens is 224 g/mol. The highest BCUT2D eigenvalue weighted by Gasteiger charge is 2.08. The Labute approximate surface area is 96.5 Å². The molecule has 0 spiro atoms. The van der Waals surface area contributed by atoms with E-state index in [4.69, 9.17) is 11.6 Å². The zero-order valence-corrected chi connectivity index (χ0v) is 8.96. The van der Waals surface area contributed by atoms with Gasteiger partial charge < -0.3 is 0 Å². The molecule has 0 saturated carbocycles. The topological polar surface area (TPSA) is 43.6 Å². The van der Waals surface area contributed by atoms with Gasteiger partial charge in [0.25, 0.3) is 0 Å². The summed E-state index contributed by atoms with van der Waals surface area (Å²) in [5, 5.41) is 14.3. The van der Waals surface area contributed by atoms with E-state index in [2.05, 4.69) is 15.3 Å². The maximum Gasteiger partial charge on any atom is 0.183 e. The van der Waals surface area contributed by atoms with E-state index in [1.807, 2.05) is 36.5 Å². The molecule has 0 aliphatic heterocycles. The lowest BCUT2D eigenvalue weighted by molar-refractivity contribution is 0.826. The van der Waals surface area contributed by atoms with Crippen molar-refractivity contribution in [2.24, 2.45) is 0 Å². The number of hydrogen-bond acceptors (Lipinski definition) is 3. The first-order valence-electron chi connectivity index (χ1n) is 4.77. The van der Waals surface area contributed by atoms with E-state index in [-0.39, 0.29) is 0 Å². The van der Waals surface area contributed by atoms with E-state index >= 15 is 0 Å². The number of aromatic nitrogens is 4. The van der Waals surface area contributed by atoms with Crippen LogP contribution < -0.4 is 0 Å². The van der Waals surface area contributed by atoms with Crippen LogP contribution in [-0.2, 0) is 0 Å². The maximum absolute atomic E-state index is 5.99. The summed E-state index contributed by atoms with van der Waals surface area (Å²) in [5.41, 5.74) is 0. The van der Waals surface area contributed by atoms with Crippen molar-refractivity contribution in [3.8, 4) is 5.82 Å². The first-order valence-corrected chi connectivity index (χ1v) is 5.15. The van der Waals surface area contributed by atoms with Crippen LogP contribution in [0.15, 0.2) is 42.7 Å². The number of nitrogens with zero attached hydrogens (tertiary/aromatic N) is 4. The molecule has 0 radical (unpaired) electrons. The molecule has 3 rings (SSSR count). The Morgan fingerprint density at radius 3 is 2.56 bits per heavy atom. The number of benzene rings is 1. The Morgan fingerprint density at radius 2 is 1.81 bits per heavy atom. The molecule has 0 aliphatic carbocycles. The second-order valence-corrected chi connectivity index (χ2v) is 3.67. The van der Waals surface area contributed by atoms with E-state index in [1.54, 1.807) is 10.9 Å². The third-order valence-electron chi connectivity index (χ3n) is 2.34. The summed E-state index contributed by atoms with van der Waals surface area (Å²) in [6.07, 6.45) is 3.52. The molecule has 0 unspecified atom stereocenters. The largest absolute Gasteiger partial charge is 0.220 e. The van der Waals surface area contributed by atoms with Crippen molar-refractivity contribution in [2.75, 3.05) is 0 Å². The van der Waals surface area contributed by atoms with Crippen LogP contribution in [-0.4, -0.2) is 20.0 Å². The fourth-order valence-corrected chi connectivity index (χ4v) is 1.82. The standard InChI is InChI=1S/C11H7ClN4/c12-10-8-4-1-2-5-9(8)11(15-14-10)16-7-3-6-13-16/h1-7H. The highest BCUT2D eigenvalue weighted by atomic mass is 35.5. The Bertz CT molecular complexity index is 634. The van der Waals surface area contributed by atoms with Crippen LogP contribution in [0.25, 0.3) is 16.6 Å². The van der Waals surface area contributed by atoms with Crippen LogP contribution >= 0.6 is 11.6 Å². The Morgan fingerprint density at radius 1 is 1.00 bits per heavy atom. The van der Waals surface area contributed by atoms with Crippen molar-refractivity contribution in [3.63, 3.8) is 0 Å². The van der Waals surface area contributed by atoms with Crippen molar-refractivity contribution in [1.82, 2.24) is 20.0 Å². The fourth-order valence-electron chi connectivity index (χ4n) is 1.62. The van der Waals surface area contributed by atoms with E-state index in [0.29, 0.717) is 11.0 Å². The van der Waals surface area contributed by atoms with Gasteiger partial charge in [0.2, 0.25) is 0 Å². The molecule has 16 heavy (non-hydrogen) atoms. The Hall–Kier alpha value is -1.94. The van der Waals surface area contributed by atoms with Gasteiger partial charge in [0.1, 0.15) is 0 Å². The molecule has 0 aliphatic rings. The van der Waals surface area contributed by atoms with Crippen molar-refractivity contribution in [1.29, 1.82) is 0 Å². The van der Waals surface area contributed by atoms with E-state index in [1.165, 1.54) is 0 Å². The van der Waals surface area contributed by atoms with Crippen molar-refractivity contribution in [2.45, 2.75) is 0 Å². The molecule has 3 aromatic rings. The van der Waals surface area contributed by atoms with E-state index in [9.17, 15) is 0 Å². The quantitative estimate of drug-likeness (QED) is 0.645. The predicted octanol–water partition coefficient (Wildman–Crippen LogP) is 2.47. The molecular formula is C11H7ClN4. The maximum atomic E-state index is 5.99. The number of hydrogen-bond donors (Lipinski definition) is 0.